The summed E-state index contributed by atoms with van der Waals surface area (Å²) < 4.78 is 37.7. The van der Waals surface area contributed by atoms with Gasteiger partial charge in [-0.05, 0) is 98.8 Å². The van der Waals surface area contributed by atoms with Gasteiger partial charge in [0.25, 0.3) is 0 Å². The predicted molar refractivity (Wildman–Crippen MR) is 129 cm³/mol. The van der Waals surface area contributed by atoms with Gasteiger partial charge in [-0.15, -0.1) is 0 Å². The Hall–Kier alpha value is -2.79. The molecule has 32 heavy (non-hydrogen) atoms. The Balaban J connectivity index is 1.73. The van der Waals surface area contributed by atoms with Gasteiger partial charge in [0.15, 0.2) is 0 Å². The van der Waals surface area contributed by atoms with Crippen LogP contribution in [0.1, 0.15) is 53.5 Å². The Morgan fingerprint density at radius 1 is 0.656 bits per heavy atom. The van der Waals surface area contributed by atoms with E-state index in [0.29, 0.717) is 11.5 Å². The van der Waals surface area contributed by atoms with Gasteiger partial charge in [0.2, 0.25) is 9.84 Å². The fourth-order valence-electron chi connectivity index (χ4n) is 3.18. The summed E-state index contributed by atoms with van der Waals surface area (Å²) in [4.78, 5) is 0.525. The normalized spacial score (nSPS) is 12.4. The van der Waals surface area contributed by atoms with Crippen LogP contribution in [0.3, 0.4) is 0 Å². The molecule has 0 unspecified atom stereocenters. The minimum absolute atomic E-state index is 0.0123. The smallest absolute Gasteiger partial charge is 0.206 e. The van der Waals surface area contributed by atoms with Crippen molar-refractivity contribution in [1.82, 2.24) is 0 Å². The Kier molecular flexibility index (Phi) is 6.70. The number of rotatable bonds is 7. The third-order valence-electron chi connectivity index (χ3n) is 5.45. The highest BCUT2D eigenvalue weighted by Crippen LogP contribution is 2.30. The summed E-state index contributed by atoms with van der Waals surface area (Å²) in [7, 11) is -3.59. The highest BCUT2D eigenvalue weighted by Gasteiger charge is 2.21. The van der Waals surface area contributed by atoms with Crippen LogP contribution in [0.15, 0.2) is 82.6 Å². The van der Waals surface area contributed by atoms with Crippen LogP contribution >= 0.6 is 0 Å². The van der Waals surface area contributed by atoms with Crippen molar-refractivity contribution in [3.63, 3.8) is 0 Å². The third-order valence-corrected chi connectivity index (χ3v) is 7.23. The van der Waals surface area contributed by atoms with Crippen LogP contribution in [-0.2, 0) is 15.3 Å². The van der Waals surface area contributed by atoms with E-state index in [0.717, 1.165) is 17.7 Å². The first-order chi connectivity index (χ1) is 14.9. The molecule has 0 N–H and O–H groups in total. The van der Waals surface area contributed by atoms with Gasteiger partial charge in [0.1, 0.15) is 22.8 Å². The van der Waals surface area contributed by atoms with E-state index in [9.17, 15) is 8.42 Å². The molecule has 0 aliphatic heterocycles. The zero-order valence-electron chi connectivity index (χ0n) is 19.7. The first-order valence-corrected chi connectivity index (χ1v) is 12.3. The molecule has 0 bridgehead atoms. The lowest BCUT2D eigenvalue weighted by atomic mass is 9.82. The maximum absolute atomic E-state index is 13.0. The second-order valence-corrected chi connectivity index (χ2v) is 11.5. The largest absolute Gasteiger partial charge is 0.488 e. The van der Waals surface area contributed by atoms with E-state index >= 15 is 0 Å². The van der Waals surface area contributed by atoms with E-state index in [-0.39, 0.29) is 20.8 Å². The van der Waals surface area contributed by atoms with Crippen molar-refractivity contribution in [2.75, 3.05) is 0 Å². The number of sulfone groups is 1. The van der Waals surface area contributed by atoms with Gasteiger partial charge in [-0.1, -0.05) is 32.9 Å². The van der Waals surface area contributed by atoms with Crippen molar-refractivity contribution < 1.29 is 17.9 Å². The van der Waals surface area contributed by atoms with Crippen molar-refractivity contribution in [3.05, 3.63) is 78.4 Å². The third kappa shape index (κ3) is 5.71. The Morgan fingerprint density at radius 3 is 1.50 bits per heavy atom. The summed E-state index contributed by atoms with van der Waals surface area (Å²) in [5.74, 6) is 1.98. The van der Waals surface area contributed by atoms with E-state index < -0.39 is 9.84 Å². The summed E-state index contributed by atoms with van der Waals surface area (Å²) >= 11 is 0. The molecule has 0 aliphatic rings. The Bertz CT molecular complexity index is 1140. The van der Waals surface area contributed by atoms with E-state index in [4.69, 9.17) is 9.47 Å². The van der Waals surface area contributed by atoms with Gasteiger partial charge >= 0.3 is 0 Å². The molecular formula is C27H32O4S. The minimum Gasteiger partial charge on any atom is -0.488 e. The van der Waals surface area contributed by atoms with Gasteiger partial charge in [-0.3, -0.25) is 0 Å². The zero-order valence-corrected chi connectivity index (χ0v) is 20.5. The summed E-state index contributed by atoms with van der Waals surface area (Å²) in [6.07, 6.45) is 0.979. The highest BCUT2D eigenvalue weighted by molar-refractivity contribution is 7.91. The molecular weight excluding hydrogens is 420 g/mol. The van der Waals surface area contributed by atoms with E-state index in [2.05, 4.69) is 20.8 Å². The zero-order chi connectivity index (χ0) is 23.6. The molecule has 170 valence electrons. The Morgan fingerprint density at radius 2 is 1.06 bits per heavy atom. The lowest BCUT2D eigenvalue weighted by molar-refractivity contribution is 0.131. The standard InChI is InChI=1S/C27H32O4S/c1-7-27(5,6)20-8-16-24(17-9-20)32(28,29)25-18-14-22(15-19-25)30-21-10-12-23(13-11-21)31-26(2,3)4/h8-19H,7H2,1-6H3. The second-order valence-electron chi connectivity index (χ2n) is 9.52. The van der Waals surface area contributed by atoms with Gasteiger partial charge in [0.05, 0.1) is 9.79 Å². The van der Waals surface area contributed by atoms with Crippen LogP contribution in [0.25, 0.3) is 0 Å². The van der Waals surface area contributed by atoms with Crippen molar-refractivity contribution in [1.29, 1.82) is 0 Å². The molecule has 5 heteroatoms. The van der Waals surface area contributed by atoms with Gasteiger partial charge in [-0.2, -0.15) is 0 Å². The molecule has 3 aromatic carbocycles. The summed E-state index contributed by atoms with van der Waals surface area (Å²) in [6.45, 7) is 12.4. The summed E-state index contributed by atoms with van der Waals surface area (Å²) in [5.41, 5.74) is 0.871. The summed E-state index contributed by atoms with van der Waals surface area (Å²) in [5, 5.41) is 0. The van der Waals surface area contributed by atoms with Crippen LogP contribution in [0.5, 0.6) is 17.2 Å². The topological polar surface area (TPSA) is 52.6 Å². The second kappa shape index (κ2) is 8.99. The maximum atomic E-state index is 13.0. The molecule has 0 amide bonds. The number of hydrogen-bond acceptors (Lipinski definition) is 4. The number of ether oxygens (including phenoxy) is 2. The van der Waals surface area contributed by atoms with Gasteiger partial charge in [0, 0.05) is 0 Å². The van der Waals surface area contributed by atoms with Crippen molar-refractivity contribution in [3.8, 4) is 17.2 Å². The monoisotopic (exact) mass is 452 g/mol. The lowest BCUT2D eigenvalue weighted by Crippen LogP contribution is -2.22. The molecule has 4 nitrogen and oxygen atoms in total. The first-order valence-electron chi connectivity index (χ1n) is 10.8. The molecule has 0 atom stereocenters. The molecule has 0 fully saturated rings. The number of hydrogen-bond donors (Lipinski definition) is 0. The van der Waals surface area contributed by atoms with Crippen LogP contribution in [0, 0.1) is 0 Å². The van der Waals surface area contributed by atoms with Crippen LogP contribution in [0.2, 0.25) is 0 Å². The van der Waals surface area contributed by atoms with E-state index in [1.54, 1.807) is 36.4 Å². The molecule has 0 spiro atoms. The van der Waals surface area contributed by atoms with E-state index in [1.807, 2.05) is 57.2 Å². The van der Waals surface area contributed by atoms with Crippen LogP contribution in [-0.4, -0.2) is 14.0 Å². The fraction of sp³-hybridized carbons (Fsp3) is 0.333. The fourth-order valence-corrected chi connectivity index (χ4v) is 4.44. The molecule has 0 saturated carbocycles. The molecule has 0 aliphatic carbocycles. The average Bonchev–Trinajstić information content (AvgIpc) is 2.74. The molecule has 0 radical (unpaired) electrons. The van der Waals surface area contributed by atoms with Crippen molar-refractivity contribution in [2.24, 2.45) is 0 Å². The molecule has 0 heterocycles. The van der Waals surface area contributed by atoms with Crippen molar-refractivity contribution >= 4 is 9.84 Å². The van der Waals surface area contributed by atoms with Crippen molar-refractivity contribution in [2.45, 2.75) is 68.8 Å². The number of benzene rings is 3. The molecule has 0 saturated heterocycles. The molecule has 3 rings (SSSR count). The highest BCUT2D eigenvalue weighted by atomic mass is 32.2. The van der Waals surface area contributed by atoms with Crippen LogP contribution < -0.4 is 9.47 Å². The van der Waals surface area contributed by atoms with Gasteiger partial charge < -0.3 is 9.47 Å². The quantitative estimate of drug-likeness (QED) is 0.381. The minimum atomic E-state index is -3.59. The average molecular weight is 453 g/mol. The maximum Gasteiger partial charge on any atom is 0.206 e. The van der Waals surface area contributed by atoms with Crippen LogP contribution in [0.4, 0.5) is 0 Å². The summed E-state index contributed by atoms with van der Waals surface area (Å²) in [6, 6.07) is 21.0. The van der Waals surface area contributed by atoms with Gasteiger partial charge in [-0.25, -0.2) is 8.42 Å². The predicted octanol–water partition coefficient (Wildman–Crippen LogP) is 7.18. The Labute approximate surface area is 192 Å². The lowest BCUT2D eigenvalue weighted by Gasteiger charge is -2.23. The SMILES string of the molecule is CCC(C)(C)c1ccc(S(=O)(=O)c2ccc(Oc3ccc(OC(C)(C)C)cc3)cc2)cc1. The first kappa shape index (κ1) is 23.9. The molecule has 3 aromatic rings. The molecule has 0 aromatic heterocycles. The van der Waals surface area contributed by atoms with E-state index in [1.165, 1.54) is 0 Å².